The largest absolute Gasteiger partial charge is 0.428 e. The van der Waals surface area contributed by atoms with Gasteiger partial charge in [-0.1, -0.05) is 0 Å². The zero-order valence-corrected chi connectivity index (χ0v) is 12.7. The maximum absolute atomic E-state index is 14.4. The molecule has 1 unspecified atom stereocenters. The molecule has 3 rings (SSSR count). The molecular weight excluding hydrogens is 293 g/mol. The number of rotatable bonds is 3. The van der Waals surface area contributed by atoms with E-state index in [-0.39, 0.29) is 12.0 Å². The van der Waals surface area contributed by atoms with Gasteiger partial charge >= 0.3 is 6.09 Å². The fraction of sp³-hybridized carbons (Fsp3) is 0.500. The first-order valence-electron chi connectivity index (χ1n) is 6.96. The van der Waals surface area contributed by atoms with Gasteiger partial charge in [-0.25, -0.2) is 9.18 Å². The average Bonchev–Trinajstić information content (AvgIpc) is 2.89. The number of hydrogen-bond donors (Lipinski definition) is 1. The molecule has 0 bridgehead atoms. The SMILES string of the molecule is CNC1CN(c2ccc(N3CCSCC3)c(F)c2)C(=O)O1. The topological polar surface area (TPSA) is 44.8 Å². The Hall–Kier alpha value is -1.47. The van der Waals surface area contributed by atoms with Crippen molar-refractivity contribution in [3.05, 3.63) is 24.0 Å². The fourth-order valence-electron chi connectivity index (χ4n) is 2.55. The maximum Gasteiger partial charge on any atom is 0.416 e. The summed E-state index contributed by atoms with van der Waals surface area (Å²) < 4.78 is 19.5. The van der Waals surface area contributed by atoms with Crippen molar-refractivity contribution in [1.29, 1.82) is 0 Å². The molecule has 0 aromatic heterocycles. The van der Waals surface area contributed by atoms with Crippen LogP contribution >= 0.6 is 11.8 Å². The van der Waals surface area contributed by atoms with Crippen LogP contribution in [0.2, 0.25) is 0 Å². The number of likely N-dealkylation sites (N-methyl/N-ethyl adjacent to an activating group) is 1. The van der Waals surface area contributed by atoms with Gasteiger partial charge in [0.2, 0.25) is 0 Å². The predicted octanol–water partition coefficient (Wildman–Crippen LogP) is 1.88. The Morgan fingerprint density at radius 3 is 2.76 bits per heavy atom. The van der Waals surface area contributed by atoms with Crippen LogP contribution in [0.1, 0.15) is 0 Å². The van der Waals surface area contributed by atoms with E-state index < -0.39 is 6.09 Å². The van der Waals surface area contributed by atoms with E-state index in [9.17, 15) is 9.18 Å². The Morgan fingerprint density at radius 1 is 1.38 bits per heavy atom. The Morgan fingerprint density at radius 2 is 2.14 bits per heavy atom. The van der Waals surface area contributed by atoms with E-state index in [1.807, 2.05) is 16.7 Å². The summed E-state index contributed by atoms with van der Waals surface area (Å²) in [6.07, 6.45) is -0.796. The van der Waals surface area contributed by atoms with Gasteiger partial charge in [-0.15, -0.1) is 0 Å². The highest BCUT2D eigenvalue weighted by atomic mass is 32.2. The summed E-state index contributed by atoms with van der Waals surface area (Å²) in [6.45, 7) is 2.09. The van der Waals surface area contributed by atoms with Gasteiger partial charge in [0, 0.05) is 24.6 Å². The zero-order chi connectivity index (χ0) is 14.8. The van der Waals surface area contributed by atoms with Crippen LogP contribution in [0.4, 0.5) is 20.6 Å². The summed E-state index contributed by atoms with van der Waals surface area (Å²) in [6, 6.07) is 4.94. The molecule has 5 nitrogen and oxygen atoms in total. The number of thioether (sulfide) groups is 1. The van der Waals surface area contributed by atoms with Gasteiger partial charge < -0.3 is 9.64 Å². The van der Waals surface area contributed by atoms with E-state index in [2.05, 4.69) is 5.32 Å². The van der Waals surface area contributed by atoms with Crippen LogP contribution in [0.15, 0.2) is 18.2 Å². The Labute approximate surface area is 127 Å². The fourth-order valence-corrected chi connectivity index (χ4v) is 3.45. The maximum atomic E-state index is 14.4. The number of hydrogen-bond acceptors (Lipinski definition) is 5. The minimum Gasteiger partial charge on any atom is -0.428 e. The highest BCUT2D eigenvalue weighted by molar-refractivity contribution is 7.99. The number of amides is 1. The number of nitrogens with zero attached hydrogens (tertiary/aromatic N) is 2. The van der Waals surface area contributed by atoms with Crippen LogP contribution in [0.5, 0.6) is 0 Å². The van der Waals surface area contributed by atoms with E-state index in [0.717, 1.165) is 24.6 Å². The van der Waals surface area contributed by atoms with Gasteiger partial charge in [-0.3, -0.25) is 10.2 Å². The van der Waals surface area contributed by atoms with Crippen molar-refractivity contribution in [3.63, 3.8) is 0 Å². The van der Waals surface area contributed by atoms with Crippen molar-refractivity contribution in [3.8, 4) is 0 Å². The lowest BCUT2D eigenvalue weighted by Crippen LogP contribution is -2.33. The predicted molar refractivity (Wildman–Crippen MR) is 82.6 cm³/mol. The lowest BCUT2D eigenvalue weighted by molar-refractivity contribution is 0.128. The average molecular weight is 311 g/mol. The summed E-state index contributed by atoms with van der Waals surface area (Å²) in [5, 5.41) is 2.88. The molecular formula is C14H18FN3O2S. The van der Waals surface area contributed by atoms with Gasteiger partial charge in [0.1, 0.15) is 5.82 Å². The van der Waals surface area contributed by atoms with E-state index in [0.29, 0.717) is 17.9 Å². The zero-order valence-electron chi connectivity index (χ0n) is 11.8. The van der Waals surface area contributed by atoms with Gasteiger partial charge in [-0.2, -0.15) is 11.8 Å². The number of halogens is 1. The molecule has 1 amide bonds. The third kappa shape index (κ3) is 2.94. The minimum atomic E-state index is -0.448. The second-order valence-electron chi connectivity index (χ2n) is 5.01. The number of carbonyl (C=O) groups is 1. The Bertz CT molecular complexity index is 537. The molecule has 2 fully saturated rings. The van der Waals surface area contributed by atoms with Gasteiger partial charge in [0.05, 0.1) is 17.9 Å². The number of cyclic esters (lactones) is 1. The molecule has 1 aromatic rings. The lowest BCUT2D eigenvalue weighted by Gasteiger charge is -2.29. The summed E-state index contributed by atoms with van der Waals surface area (Å²) in [5.74, 6) is 1.74. The molecule has 2 aliphatic heterocycles. The summed E-state index contributed by atoms with van der Waals surface area (Å²) >= 11 is 1.89. The Balaban J connectivity index is 1.79. The molecule has 114 valence electrons. The number of ether oxygens (including phenoxy) is 1. The van der Waals surface area contributed by atoms with E-state index in [1.165, 1.54) is 11.0 Å². The standard InChI is InChI=1S/C14H18FN3O2S/c1-16-13-9-18(14(19)20-13)10-2-3-12(11(15)8-10)17-4-6-21-7-5-17/h2-3,8,13,16H,4-7,9H2,1H3. The lowest BCUT2D eigenvalue weighted by atomic mass is 10.2. The summed E-state index contributed by atoms with van der Waals surface area (Å²) in [5.41, 5.74) is 1.14. The first-order valence-corrected chi connectivity index (χ1v) is 8.12. The second kappa shape index (κ2) is 6.11. The third-order valence-corrected chi connectivity index (χ3v) is 4.67. The second-order valence-corrected chi connectivity index (χ2v) is 6.23. The van der Waals surface area contributed by atoms with Gasteiger partial charge in [0.15, 0.2) is 6.23 Å². The van der Waals surface area contributed by atoms with Crippen LogP contribution in [0, 0.1) is 5.82 Å². The van der Waals surface area contributed by atoms with E-state index in [1.54, 1.807) is 19.2 Å². The van der Waals surface area contributed by atoms with Crippen LogP contribution in [0.25, 0.3) is 0 Å². The van der Waals surface area contributed by atoms with Crippen LogP contribution in [-0.4, -0.2) is 50.5 Å². The van der Waals surface area contributed by atoms with Gasteiger partial charge in [-0.05, 0) is 25.2 Å². The van der Waals surface area contributed by atoms with E-state index >= 15 is 0 Å². The first kappa shape index (κ1) is 14.5. The summed E-state index contributed by atoms with van der Waals surface area (Å²) in [7, 11) is 1.72. The van der Waals surface area contributed by atoms with Crippen molar-refractivity contribution < 1.29 is 13.9 Å². The number of anilines is 2. The number of nitrogens with one attached hydrogen (secondary N) is 1. The van der Waals surface area contributed by atoms with Crippen molar-refractivity contribution in [2.24, 2.45) is 0 Å². The molecule has 2 saturated heterocycles. The molecule has 0 aliphatic carbocycles. The van der Waals surface area contributed by atoms with Crippen molar-refractivity contribution >= 4 is 29.2 Å². The highest BCUT2D eigenvalue weighted by Gasteiger charge is 2.31. The quantitative estimate of drug-likeness (QED) is 0.923. The molecule has 2 heterocycles. The molecule has 1 N–H and O–H groups in total. The smallest absolute Gasteiger partial charge is 0.416 e. The monoisotopic (exact) mass is 311 g/mol. The van der Waals surface area contributed by atoms with Crippen LogP contribution < -0.4 is 15.1 Å². The van der Waals surface area contributed by atoms with Crippen molar-refractivity contribution in [1.82, 2.24) is 5.32 Å². The molecule has 0 saturated carbocycles. The van der Waals surface area contributed by atoms with Crippen molar-refractivity contribution in [2.75, 3.05) is 48.0 Å². The van der Waals surface area contributed by atoms with Crippen LogP contribution in [-0.2, 0) is 4.74 Å². The van der Waals surface area contributed by atoms with Crippen molar-refractivity contribution in [2.45, 2.75) is 6.23 Å². The van der Waals surface area contributed by atoms with E-state index in [4.69, 9.17) is 4.74 Å². The molecule has 0 spiro atoms. The molecule has 2 aliphatic rings. The molecule has 0 radical (unpaired) electrons. The molecule has 7 heteroatoms. The summed E-state index contributed by atoms with van der Waals surface area (Å²) in [4.78, 5) is 15.3. The van der Waals surface area contributed by atoms with Crippen LogP contribution in [0.3, 0.4) is 0 Å². The Kier molecular flexibility index (Phi) is 4.21. The minimum absolute atomic E-state index is 0.292. The normalized spacial score (nSPS) is 22.6. The number of carbonyl (C=O) groups excluding carboxylic acids is 1. The number of benzene rings is 1. The molecule has 1 atom stereocenters. The van der Waals surface area contributed by atoms with Gasteiger partial charge in [0.25, 0.3) is 0 Å². The highest BCUT2D eigenvalue weighted by Crippen LogP contribution is 2.28. The molecule has 1 aromatic carbocycles. The first-order chi connectivity index (χ1) is 10.2. The molecule has 21 heavy (non-hydrogen) atoms. The third-order valence-electron chi connectivity index (χ3n) is 3.73.